The van der Waals surface area contributed by atoms with Gasteiger partial charge in [0, 0.05) is 17.6 Å². The molecule has 6 heteroatoms. The average Bonchev–Trinajstić information content (AvgIpc) is 3.35. The summed E-state index contributed by atoms with van der Waals surface area (Å²) in [5.74, 6) is 0.198. The van der Waals surface area contributed by atoms with E-state index in [0.29, 0.717) is 10.8 Å². The van der Waals surface area contributed by atoms with E-state index in [-0.39, 0.29) is 17.8 Å². The van der Waals surface area contributed by atoms with Crippen molar-refractivity contribution in [2.45, 2.75) is 46.2 Å². The molecule has 0 unspecified atom stereocenters. The van der Waals surface area contributed by atoms with E-state index in [2.05, 4.69) is 66.8 Å². The molecule has 1 saturated heterocycles. The lowest BCUT2D eigenvalue weighted by molar-refractivity contribution is 0.472. The fourth-order valence-corrected chi connectivity index (χ4v) is 5.69. The maximum atomic E-state index is 10.8. The zero-order valence-electron chi connectivity index (χ0n) is 20.5. The van der Waals surface area contributed by atoms with Gasteiger partial charge in [-0.25, -0.2) is 0 Å². The van der Waals surface area contributed by atoms with Crippen molar-refractivity contribution in [2.75, 3.05) is 4.90 Å². The van der Waals surface area contributed by atoms with Crippen molar-refractivity contribution >= 4 is 23.0 Å². The van der Waals surface area contributed by atoms with Crippen molar-refractivity contribution in [3.8, 4) is 11.4 Å². The van der Waals surface area contributed by atoms with Gasteiger partial charge >= 0.3 is 0 Å². The molecule has 2 N–H and O–H groups in total. The van der Waals surface area contributed by atoms with Gasteiger partial charge in [0.25, 0.3) is 0 Å². The highest BCUT2D eigenvalue weighted by molar-refractivity contribution is 7.80. The highest BCUT2D eigenvalue weighted by Crippen LogP contribution is 2.46. The number of anilines is 1. The van der Waals surface area contributed by atoms with E-state index >= 15 is 0 Å². The lowest BCUT2D eigenvalue weighted by Gasteiger charge is -2.28. The summed E-state index contributed by atoms with van der Waals surface area (Å²) >= 11 is 5.84. The summed E-state index contributed by atoms with van der Waals surface area (Å²) in [4.78, 5) is 6.70. The Kier molecular flexibility index (Phi) is 6.07. The fraction of sp³-hybridized carbons (Fsp3) is 0.241. The molecule has 2 atom stereocenters. The van der Waals surface area contributed by atoms with Gasteiger partial charge in [-0.15, -0.1) is 0 Å². The first kappa shape index (κ1) is 23.1. The van der Waals surface area contributed by atoms with Crippen LogP contribution in [0.2, 0.25) is 0 Å². The number of pyridine rings is 1. The number of nitrogens with one attached hydrogen (secondary N) is 1. The summed E-state index contributed by atoms with van der Waals surface area (Å²) in [5, 5.41) is 14.8. The molecule has 0 aliphatic carbocycles. The highest BCUT2D eigenvalue weighted by atomic mass is 32.1. The highest BCUT2D eigenvalue weighted by Gasteiger charge is 2.43. The summed E-state index contributed by atoms with van der Waals surface area (Å²) in [6, 6.07) is 21.7. The minimum atomic E-state index is -0.181. The standard InChI is InChI=1S/C29H30N4OS/c1-5-21-12-10-11-18(2)27(21)32-19(3)17-22(20(32)4)28-26(23-13-8-9-16-30-23)31-29(35)33(28)24-14-6-7-15-25(24)34/h6-17,26,28,34H,5H2,1-4H3,(H,31,35)/t26-,28+/m1/s1. The van der Waals surface area contributed by atoms with Crippen molar-refractivity contribution in [3.05, 3.63) is 107 Å². The molecule has 1 aliphatic rings. The summed E-state index contributed by atoms with van der Waals surface area (Å²) in [5.41, 5.74) is 8.87. The third-order valence-electron chi connectivity index (χ3n) is 6.95. The maximum absolute atomic E-state index is 10.8. The number of rotatable bonds is 5. The minimum Gasteiger partial charge on any atom is -0.506 e. The maximum Gasteiger partial charge on any atom is 0.174 e. The second-order valence-corrected chi connectivity index (χ2v) is 9.47. The number of hydrogen-bond donors (Lipinski definition) is 2. The molecule has 3 heterocycles. The molecule has 0 saturated carbocycles. The molecule has 5 nitrogen and oxygen atoms in total. The van der Waals surface area contributed by atoms with E-state index in [1.807, 2.05) is 47.5 Å². The molecule has 35 heavy (non-hydrogen) atoms. The van der Waals surface area contributed by atoms with Crippen LogP contribution in [-0.4, -0.2) is 19.8 Å². The minimum absolute atomic E-state index is 0.167. The van der Waals surface area contributed by atoms with Crippen LogP contribution in [0.1, 0.15) is 52.8 Å². The van der Waals surface area contributed by atoms with Gasteiger partial charge in [-0.2, -0.15) is 0 Å². The number of hydrogen-bond acceptors (Lipinski definition) is 3. The first-order valence-corrected chi connectivity index (χ1v) is 12.4. The normalized spacial score (nSPS) is 17.6. The van der Waals surface area contributed by atoms with Gasteiger partial charge in [-0.3, -0.25) is 4.98 Å². The summed E-state index contributed by atoms with van der Waals surface area (Å²) in [7, 11) is 0. The number of aromatic nitrogens is 2. The Morgan fingerprint density at radius 1 is 1.00 bits per heavy atom. The predicted molar refractivity (Wildman–Crippen MR) is 145 cm³/mol. The number of thiocarbonyl (C=S) groups is 1. The fourth-order valence-electron chi connectivity index (χ4n) is 5.35. The lowest BCUT2D eigenvalue weighted by atomic mass is 9.96. The first-order valence-electron chi connectivity index (χ1n) is 12.0. The number of aryl methyl sites for hydroxylation is 3. The van der Waals surface area contributed by atoms with Crippen molar-refractivity contribution in [1.82, 2.24) is 14.9 Å². The number of phenols is 1. The van der Waals surface area contributed by atoms with E-state index in [1.54, 1.807) is 6.07 Å². The van der Waals surface area contributed by atoms with Crippen LogP contribution < -0.4 is 10.2 Å². The SMILES string of the molecule is CCc1cccc(C)c1-n1c(C)cc([C@H]2[C@@H](c3ccccn3)NC(=S)N2c2ccccc2O)c1C. The first-order chi connectivity index (χ1) is 16.9. The Labute approximate surface area is 212 Å². The van der Waals surface area contributed by atoms with E-state index < -0.39 is 0 Å². The van der Waals surface area contributed by atoms with Gasteiger partial charge in [0.05, 0.1) is 29.2 Å². The molecule has 2 aromatic carbocycles. The van der Waals surface area contributed by atoms with Gasteiger partial charge in [-0.1, -0.05) is 43.3 Å². The van der Waals surface area contributed by atoms with E-state index in [0.717, 1.165) is 29.1 Å². The van der Waals surface area contributed by atoms with E-state index in [4.69, 9.17) is 12.2 Å². The Balaban J connectivity index is 1.73. The molecule has 2 aromatic heterocycles. The number of aromatic hydroxyl groups is 1. The topological polar surface area (TPSA) is 53.3 Å². The molecule has 0 bridgehead atoms. The number of para-hydroxylation sites is 3. The molecule has 5 rings (SSSR count). The van der Waals surface area contributed by atoms with E-state index in [9.17, 15) is 5.11 Å². The van der Waals surface area contributed by atoms with Gasteiger partial charge < -0.3 is 19.9 Å². The van der Waals surface area contributed by atoms with Gasteiger partial charge in [0.15, 0.2) is 5.11 Å². The summed E-state index contributed by atoms with van der Waals surface area (Å²) in [6.45, 7) is 8.70. The van der Waals surface area contributed by atoms with Crippen LogP contribution in [0.25, 0.3) is 5.69 Å². The Hall–Kier alpha value is -3.64. The monoisotopic (exact) mass is 482 g/mol. The third-order valence-corrected chi connectivity index (χ3v) is 7.27. The lowest BCUT2D eigenvalue weighted by Crippen LogP contribution is -2.29. The van der Waals surface area contributed by atoms with Crippen LogP contribution in [0, 0.1) is 20.8 Å². The largest absolute Gasteiger partial charge is 0.506 e. The van der Waals surface area contributed by atoms with Gasteiger partial charge in [0.2, 0.25) is 0 Å². The van der Waals surface area contributed by atoms with Crippen molar-refractivity contribution < 1.29 is 5.11 Å². The van der Waals surface area contributed by atoms with Crippen molar-refractivity contribution in [3.63, 3.8) is 0 Å². The van der Waals surface area contributed by atoms with Crippen LogP contribution in [-0.2, 0) is 6.42 Å². The van der Waals surface area contributed by atoms with Crippen LogP contribution in [0.5, 0.6) is 5.75 Å². The molecular formula is C29H30N4OS. The second-order valence-electron chi connectivity index (χ2n) is 9.08. The van der Waals surface area contributed by atoms with Crippen LogP contribution >= 0.6 is 12.2 Å². The zero-order valence-corrected chi connectivity index (χ0v) is 21.3. The number of benzene rings is 2. The Bertz CT molecular complexity index is 1400. The Morgan fingerprint density at radius 2 is 1.77 bits per heavy atom. The smallest absolute Gasteiger partial charge is 0.174 e. The van der Waals surface area contributed by atoms with E-state index in [1.165, 1.54) is 16.8 Å². The second kappa shape index (κ2) is 9.19. The molecule has 0 amide bonds. The number of phenolic OH excluding ortho intramolecular Hbond substituents is 1. The Morgan fingerprint density at radius 3 is 2.49 bits per heavy atom. The molecule has 178 valence electrons. The van der Waals surface area contributed by atoms with Crippen molar-refractivity contribution in [1.29, 1.82) is 0 Å². The van der Waals surface area contributed by atoms with Crippen molar-refractivity contribution in [2.24, 2.45) is 0 Å². The summed E-state index contributed by atoms with van der Waals surface area (Å²) in [6.07, 6.45) is 2.77. The molecule has 4 aromatic rings. The number of nitrogens with zero attached hydrogens (tertiary/aromatic N) is 3. The van der Waals surface area contributed by atoms with Gasteiger partial charge in [-0.05, 0) is 86.4 Å². The molecule has 1 fully saturated rings. The van der Waals surface area contributed by atoms with Crippen LogP contribution in [0.15, 0.2) is 72.9 Å². The third kappa shape index (κ3) is 3.88. The summed E-state index contributed by atoms with van der Waals surface area (Å²) < 4.78 is 2.36. The zero-order chi connectivity index (χ0) is 24.7. The molecule has 1 aliphatic heterocycles. The van der Waals surface area contributed by atoms with Crippen LogP contribution in [0.3, 0.4) is 0 Å². The molecule has 0 spiro atoms. The average molecular weight is 483 g/mol. The van der Waals surface area contributed by atoms with Gasteiger partial charge in [0.1, 0.15) is 5.75 Å². The van der Waals surface area contributed by atoms with Crippen LogP contribution in [0.4, 0.5) is 5.69 Å². The molecular weight excluding hydrogens is 452 g/mol. The predicted octanol–water partition coefficient (Wildman–Crippen LogP) is 6.24. The molecule has 0 radical (unpaired) electrons. The quantitative estimate of drug-likeness (QED) is 0.330.